The van der Waals surface area contributed by atoms with Gasteiger partial charge in [0.05, 0.1) is 12.8 Å². The third kappa shape index (κ3) is 2.74. The minimum absolute atomic E-state index is 0.00194. The fourth-order valence-corrected chi connectivity index (χ4v) is 3.57. The van der Waals surface area contributed by atoms with Gasteiger partial charge in [-0.1, -0.05) is 16.8 Å². The highest BCUT2D eigenvalue weighted by Gasteiger charge is 2.22. The highest BCUT2D eigenvalue weighted by molar-refractivity contribution is 7.89. The summed E-state index contributed by atoms with van der Waals surface area (Å²) in [5, 5.41) is 7.74. The van der Waals surface area contributed by atoms with Gasteiger partial charge in [-0.2, -0.15) is 0 Å². The molecule has 0 saturated heterocycles. The molecule has 2 heterocycles. The summed E-state index contributed by atoms with van der Waals surface area (Å²) in [5.41, 5.74) is 1.72. The molecular formula is C12H13ClN4O3S. The number of ether oxygens (including phenoxy) is 1. The lowest BCUT2D eigenvalue weighted by molar-refractivity contribution is 0.353. The summed E-state index contributed by atoms with van der Waals surface area (Å²) >= 11 is 6.05. The number of sulfonamides is 1. The maximum Gasteiger partial charge on any atom is 0.259 e. The predicted molar refractivity (Wildman–Crippen MR) is 75.7 cm³/mol. The van der Waals surface area contributed by atoms with E-state index >= 15 is 0 Å². The largest absolute Gasteiger partial charge is 0.493 e. The molecule has 0 atom stereocenters. The number of aromatic nitrogens is 3. The summed E-state index contributed by atoms with van der Waals surface area (Å²) in [4.78, 5) is 0. The first kappa shape index (κ1) is 14.3. The van der Waals surface area contributed by atoms with Crippen molar-refractivity contribution in [3.05, 3.63) is 34.5 Å². The maximum absolute atomic E-state index is 12.2. The van der Waals surface area contributed by atoms with Gasteiger partial charge < -0.3 is 4.74 Å². The van der Waals surface area contributed by atoms with E-state index in [2.05, 4.69) is 15.0 Å². The molecule has 0 saturated carbocycles. The Bertz CT molecular complexity index is 788. The Kier molecular flexibility index (Phi) is 3.60. The lowest BCUT2D eigenvalue weighted by Gasteiger charge is -2.10. The Morgan fingerprint density at radius 3 is 3.00 bits per heavy atom. The molecule has 3 rings (SSSR count). The number of nitrogens with zero attached hydrogens (tertiary/aromatic N) is 3. The van der Waals surface area contributed by atoms with Crippen molar-refractivity contribution in [2.45, 2.75) is 18.0 Å². The Labute approximate surface area is 126 Å². The molecule has 0 amide bonds. The molecule has 0 fully saturated rings. The fraction of sp³-hybridized carbons (Fsp3) is 0.333. The van der Waals surface area contributed by atoms with Crippen molar-refractivity contribution in [1.82, 2.24) is 19.7 Å². The average Bonchev–Trinajstić information content (AvgIpc) is 3.04. The number of hydrogen-bond acceptors (Lipinski definition) is 5. The Morgan fingerprint density at radius 2 is 2.29 bits per heavy atom. The topological polar surface area (TPSA) is 86.1 Å². The zero-order valence-corrected chi connectivity index (χ0v) is 12.8. The zero-order valence-electron chi connectivity index (χ0n) is 11.2. The first-order chi connectivity index (χ1) is 9.97. The van der Waals surface area contributed by atoms with Gasteiger partial charge in [-0.15, -0.1) is 5.10 Å². The van der Waals surface area contributed by atoms with Crippen LogP contribution in [0.15, 0.2) is 23.4 Å². The Hall–Kier alpha value is -1.64. The van der Waals surface area contributed by atoms with Crippen molar-refractivity contribution in [3.8, 4) is 5.75 Å². The number of rotatable bonds is 4. The first-order valence-corrected chi connectivity index (χ1v) is 8.12. The van der Waals surface area contributed by atoms with E-state index in [1.807, 2.05) is 6.07 Å². The molecule has 0 unspecified atom stereocenters. The van der Waals surface area contributed by atoms with Gasteiger partial charge in [0, 0.05) is 30.6 Å². The zero-order chi connectivity index (χ0) is 15.0. The molecule has 1 aliphatic rings. The molecule has 1 aromatic heterocycles. The highest BCUT2D eigenvalue weighted by Crippen LogP contribution is 2.32. The van der Waals surface area contributed by atoms with Crippen LogP contribution in [0.1, 0.15) is 11.1 Å². The summed E-state index contributed by atoms with van der Waals surface area (Å²) in [5.74, 6) is 0.713. The van der Waals surface area contributed by atoms with Crippen LogP contribution in [0.2, 0.25) is 5.02 Å². The number of benzene rings is 1. The molecule has 1 aromatic carbocycles. The third-order valence-electron chi connectivity index (χ3n) is 3.23. The van der Waals surface area contributed by atoms with Crippen molar-refractivity contribution in [3.63, 3.8) is 0 Å². The molecule has 0 radical (unpaired) electrons. The number of fused-ring (bicyclic) bond motifs is 1. The summed E-state index contributed by atoms with van der Waals surface area (Å²) in [6.45, 7) is 0.678. The quantitative estimate of drug-likeness (QED) is 0.900. The SMILES string of the molecule is Cn1nncc1S(=O)(=O)NCc1cc(Cl)cc2c1OCC2. The van der Waals surface area contributed by atoms with E-state index in [1.165, 1.54) is 17.9 Å². The van der Waals surface area contributed by atoms with Crippen molar-refractivity contribution in [2.75, 3.05) is 6.61 Å². The Balaban J connectivity index is 1.85. The predicted octanol–water partition coefficient (Wildman–Crippen LogP) is 0.882. The number of halogens is 1. The Morgan fingerprint density at radius 1 is 1.48 bits per heavy atom. The van der Waals surface area contributed by atoms with Crippen LogP contribution in [-0.4, -0.2) is 30.0 Å². The molecule has 112 valence electrons. The molecule has 0 spiro atoms. The van der Waals surface area contributed by atoms with Crippen molar-refractivity contribution in [2.24, 2.45) is 7.05 Å². The fourth-order valence-electron chi connectivity index (χ4n) is 2.25. The summed E-state index contributed by atoms with van der Waals surface area (Å²) in [6.07, 6.45) is 1.97. The van der Waals surface area contributed by atoms with Crippen LogP contribution < -0.4 is 9.46 Å². The van der Waals surface area contributed by atoms with Crippen LogP contribution in [-0.2, 0) is 30.0 Å². The van der Waals surface area contributed by atoms with E-state index in [9.17, 15) is 8.42 Å². The van der Waals surface area contributed by atoms with Gasteiger partial charge in [0.1, 0.15) is 5.75 Å². The van der Waals surface area contributed by atoms with Crippen molar-refractivity contribution in [1.29, 1.82) is 0 Å². The van der Waals surface area contributed by atoms with Gasteiger partial charge in [0.25, 0.3) is 10.0 Å². The van der Waals surface area contributed by atoms with E-state index in [1.54, 1.807) is 6.07 Å². The number of aryl methyl sites for hydroxylation is 1. The molecule has 0 bridgehead atoms. The first-order valence-electron chi connectivity index (χ1n) is 6.26. The smallest absolute Gasteiger partial charge is 0.259 e. The molecule has 7 nitrogen and oxygen atoms in total. The van der Waals surface area contributed by atoms with E-state index in [0.717, 1.165) is 12.0 Å². The molecule has 1 N–H and O–H groups in total. The second kappa shape index (κ2) is 5.28. The lowest BCUT2D eigenvalue weighted by Crippen LogP contribution is -2.25. The van der Waals surface area contributed by atoms with E-state index in [-0.39, 0.29) is 11.6 Å². The molecule has 2 aromatic rings. The van der Waals surface area contributed by atoms with Crippen LogP contribution in [0.25, 0.3) is 0 Å². The second-order valence-corrected chi connectivity index (χ2v) is 6.82. The number of hydrogen-bond donors (Lipinski definition) is 1. The van der Waals surface area contributed by atoms with Gasteiger partial charge in [0.2, 0.25) is 0 Å². The highest BCUT2D eigenvalue weighted by atomic mass is 35.5. The molecule has 21 heavy (non-hydrogen) atoms. The van der Waals surface area contributed by atoms with E-state index in [4.69, 9.17) is 16.3 Å². The van der Waals surface area contributed by atoms with Crippen LogP contribution in [0.3, 0.4) is 0 Å². The third-order valence-corrected chi connectivity index (χ3v) is 4.89. The number of nitrogens with one attached hydrogen (secondary N) is 1. The summed E-state index contributed by atoms with van der Waals surface area (Å²) in [6, 6.07) is 3.54. The maximum atomic E-state index is 12.2. The van der Waals surface area contributed by atoms with Gasteiger partial charge in [-0.05, 0) is 17.7 Å². The van der Waals surface area contributed by atoms with Gasteiger partial charge >= 0.3 is 0 Å². The van der Waals surface area contributed by atoms with Gasteiger partial charge in [0.15, 0.2) is 5.03 Å². The minimum Gasteiger partial charge on any atom is -0.493 e. The van der Waals surface area contributed by atoms with Gasteiger partial charge in [-0.25, -0.2) is 17.8 Å². The van der Waals surface area contributed by atoms with Crippen LogP contribution in [0.4, 0.5) is 0 Å². The summed E-state index contributed by atoms with van der Waals surface area (Å²) < 4.78 is 33.6. The van der Waals surface area contributed by atoms with Crippen molar-refractivity contribution < 1.29 is 13.2 Å². The average molecular weight is 329 g/mol. The lowest BCUT2D eigenvalue weighted by atomic mass is 10.1. The van der Waals surface area contributed by atoms with Crippen LogP contribution in [0, 0.1) is 0 Å². The van der Waals surface area contributed by atoms with Crippen molar-refractivity contribution >= 4 is 21.6 Å². The van der Waals surface area contributed by atoms with E-state index in [0.29, 0.717) is 22.9 Å². The monoisotopic (exact) mass is 328 g/mol. The normalized spacial score (nSPS) is 14.0. The van der Waals surface area contributed by atoms with Gasteiger partial charge in [-0.3, -0.25) is 0 Å². The molecular weight excluding hydrogens is 316 g/mol. The second-order valence-electron chi connectivity index (χ2n) is 4.67. The molecule has 0 aliphatic carbocycles. The standard InChI is InChI=1S/C12H13ClN4O3S/c1-17-11(7-14-16-17)21(18,19)15-6-9-5-10(13)4-8-2-3-20-12(8)9/h4-5,7,15H,2-3,6H2,1H3. The minimum atomic E-state index is -3.69. The van der Waals surface area contributed by atoms with E-state index < -0.39 is 10.0 Å². The van der Waals surface area contributed by atoms with Crippen LogP contribution in [0.5, 0.6) is 5.75 Å². The molecule has 1 aliphatic heterocycles. The molecule has 9 heteroatoms. The van der Waals surface area contributed by atoms with Crippen LogP contribution >= 0.6 is 11.6 Å². The summed E-state index contributed by atoms with van der Waals surface area (Å²) in [7, 11) is -2.17.